The van der Waals surface area contributed by atoms with E-state index < -0.39 is 5.41 Å². The van der Waals surface area contributed by atoms with Gasteiger partial charge in [-0.1, -0.05) is 151 Å². The molecule has 0 aromatic heterocycles. The minimum absolute atomic E-state index is 0.416. The molecule has 0 saturated heterocycles. The number of halogens is 1. The summed E-state index contributed by atoms with van der Waals surface area (Å²) in [7, 11) is 0. The second-order valence-corrected chi connectivity index (χ2v) is 10.3. The molecule has 0 fully saturated rings. The maximum absolute atomic E-state index is 6.94. The normalized spacial score (nSPS) is 13.1. The van der Waals surface area contributed by atoms with Crippen molar-refractivity contribution in [3.05, 3.63) is 179 Å². The largest absolute Gasteiger partial charge is 0.0836 e. The lowest BCUT2D eigenvalue weighted by Crippen LogP contribution is -2.28. The van der Waals surface area contributed by atoms with Crippen LogP contribution in [0.4, 0.5) is 0 Å². The lowest BCUT2D eigenvalue weighted by Gasteiger charge is -2.34. The molecular weight excluding hydrogens is 480 g/mol. The van der Waals surface area contributed by atoms with Gasteiger partial charge in [-0.05, 0) is 62.2 Å². The Labute approximate surface area is 228 Å². The van der Waals surface area contributed by atoms with E-state index in [-0.39, 0.29) is 0 Å². The van der Waals surface area contributed by atoms with Crippen molar-refractivity contribution in [2.75, 3.05) is 0 Å². The molecule has 1 heteroatoms. The van der Waals surface area contributed by atoms with Crippen molar-refractivity contribution in [1.29, 1.82) is 0 Å². The fraction of sp³-hybridized carbons (Fsp3) is 0.0270. The van der Waals surface area contributed by atoms with Gasteiger partial charge in [-0.15, -0.1) is 0 Å². The van der Waals surface area contributed by atoms with Gasteiger partial charge in [0.1, 0.15) is 0 Å². The van der Waals surface area contributed by atoms with E-state index in [2.05, 4.69) is 146 Å². The summed E-state index contributed by atoms with van der Waals surface area (Å²) in [4.78, 5) is 0. The molecule has 6 aromatic carbocycles. The van der Waals surface area contributed by atoms with Crippen molar-refractivity contribution in [2.24, 2.45) is 0 Å². The van der Waals surface area contributed by atoms with Crippen LogP contribution in [0.3, 0.4) is 0 Å². The zero-order chi connectivity index (χ0) is 25.5. The smallest absolute Gasteiger partial charge is 0.0713 e. The quantitative estimate of drug-likeness (QED) is 0.223. The van der Waals surface area contributed by atoms with Crippen LogP contribution < -0.4 is 0 Å². The molecule has 1 aliphatic rings. The van der Waals surface area contributed by atoms with Gasteiger partial charge in [0.05, 0.1) is 5.41 Å². The number of hydrogen-bond acceptors (Lipinski definition) is 0. The molecule has 0 nitrogen and oxygen atoms in total. The minimum atomic E-state index is -0.416. The topological polar surface area (TPSA) is 0 Å². The first-order valence-corrected chi connectivity index (χ1v) is 13.4. The maximum Gasteiger partial charge on any atom is 0.0713 e. The first-order chi connectivity index (χ1) is 18.8. The van der Waals surface area contributed by atoms with Crippen LogP contribution in [-0.2, 0) is 5.41 Å². The van der Waals surface area contributed by atoms with Crippen LogP contribution in [0, 0.1) is 0 Å². The van der Waals surface area contributed by atoms with Crippen LogP contribution in [0.15, 0.2) is 152 Å². The van der Waals surface area contributed by atoms with Gasteiger partial charge >= 0.3 is 0 Å². The molecule has 0 unspecified atom stereocenters. The van der Waals surface area contributed by atoms with Crippen LogP contribution in [-0.4, -0.2) is 0 Å². The summed E-state index contributed by atoms with van der Waals surface area (Å²) in [6, 6.07) is 54.3. The van der Waals surface area contributed by atoms with Gasteiger partial charge in [0.15, 0.2) is 0 Å². The standard InChI is InChI=1S/C37H25Cl/c38-36-25-27(26-12-3-1-4-13-26)22-23-31(36)28-14-11-17-30(24-28)37(29-15-5-2-6-16-29)34-20-9-7-18-32(34)33-19-8-10-21-35(33)37/h1-25H. The fourth-order valence-electron chi connectivity index (χ4n) is 6.19. The molecule has 1 aliphatic carbocycles. The highest BCUT2D eigenvalue weighted by Gasteiger charge is 2.45. The SMILES string of the molecule is Clc1cc(-c2ccccc2)ccc1-c1cccc(C2(c3ccccc3)c3ccccc3-c3ccccc32)c1. The predicted octanol–water partition coefficient (Wildman–Crippen LogP) is 10.0. The third kappa shape index (κ3) is 3.45. The van der Waals surface area contributed by atoms with Gasteiger partial charge in [-0.2, -0.15) is 0 Å². The molecule has 38 heavy (non-hydrogen) atoms. The molecule has 0 radical (unpaired) electrons. The molecular formula is C37H25Cl. The lowest BCUT2D eigenvalue weighted by molar-refractivity contribution is 0.769. The van der Waals surface area contributed by atoms with E-state index in [4.69, 9.17) is 11.6 Å². The summed E-state index contributed by atoms with van der Waals surface area (Å²) < 4.78 is 0. The van der Waals surface area contributed by atoms with E-state index in [1.54, 1.807) is 0 Å². The first-order valence-electron chi connectivity index (χ1n) is 13.0. The molecule has 0 heterocycles. The van der Waals surface area contributed by atoms with Gasteiger partial charge in [-0.25, -0.2) is 0 Å². The third-order valence-corrected chi connectivity index (χ3v) is 8.15. The van der Waals surface area contributed by atoms with Crippen molar-refractivity contribution in [1.82, 2.24) is 0 Å². The Morgan fingerprint density at radius 3 is 1.58 bits per heavy atom. The second-order valence-electron chi connectivity index (χ2n) is 9.85. The monoisotopic (exact) mass is 504 g/mol. The molecule has 180 valence electrons. The molecule has 0 bridgehead atoms. The van der Waals surface area contributed by atoms with E-state index in [0.717, 1.165) is 27.3 Å². The molecule has 7 rings (SSSR count). The zero-order valence-electron chi connectivity index (χ0n) is 20.8. The summed E-state index contributed by atoms with van der Waals surface area (Å²) in [5, 5.41) is 0.754. The van der Waals surface area contributed by atoms with E-state index in [1.165, 1.54) is 33.4 Å². The zero-order valence-corrected chi connectivity index (χ0v) is 21.6. The highest BCUT2D eigenvalue weighted by molar-refractivity contribution is 6.33. The van der Waals surface area contributed by atoms with Crippen molar-refractivity contribution in [3.8, 4) is 33.4 Å². The first kappa shape index (κ1) is 22.8. The molecule has 0 atom stereocenters. The van der Waals surface area contributed by atoms with Crippen LogP contribution >= 0.6 is 11.6 Å². The summed E-state index contributed by atoms with van der Waals surface area (Å²) in [5.74, 6) is 0. The fourth-order valence-corrected chi connectivity index (χ4v) is 6.48. The summed E-state index contributed by atoms with van der Waals surface area (Å²) in [5.41, 5.74) is 11.7. The molecule has 6 aromatic rings. The maximum atomic E-state index is 6.94. The van der Waals surface area contributed by atoms with Crippen molar-refractivity contribution >= 4 is 11.6 Å². The Bertz CT molecular complexity index is 1720. The van der Waals surface area contributed by atoms with Crippen LogP contribution in [0.25, 0.3) is 33.4 Å². The van der Waals surface area contributed by atoms with Gasteiger partial charge in [0, 0.05) is 10.6 Å². The van der Waals surface area contributed by atoms with Crippen molar-refractivity contribution in [3.63, 3.8) is 0 Å². The van der Waals surface area contributed by atoms with Crippen LogP contribution in [0.5, 0.6) is 0 Å². The third-order valence-electron chi connectivity index (χ3n) is 7.84. The molecule has 0 aliphatic heterocycles. The number of fused-ring (bicyclic) bond motifs is 3. The van der Waals surface area contributed by atoms with E-state index in [0.29, 0.717) is 0 Å². The van der Waals surface area contributed by atoms with E-state index in [1.807, 2.05) is 6.07 Å². The van der Waals surface area contributed by atoms with Crippen LogP contribution in [0.1, 0.15) is 22.3 Å². The predicted molar refractivity (Wildman–Crippen MR) is 160 cm³/mol. The van der Waals surface area contributed by atoms with Crippen molar-refractivity contribution < 1.29 is 0 Å². The van der Waals surface area contributed by atoms with E-state index in [9.17, 15) is 0 Å². The minimum Gasteiger partial charge on any atom is -0.0836 e. The Kier molecular flexibility index (Phi) is 5.50. The molecule has 0 spiro atoms. The average molecular weight is 505 g/mol. The Morgan fingerprint density at radius 1 is 0.368 bits per heavy atom. The van der Waals surface area contributed by atoms with Gasteiger partial charge in [0.25, 0.3) is 0 Å². The number of rotatable bonds is 4. The molecule has 0 N–H and O–H groups in total. The van der Waals surface area contributed by atoms with Gasteiger partial charge < -0.3 is 0 Å². The molecule has 0 amide bonds. The van der Waals surface area contributed by atoms with E-state index >= 15 is 0 Å². The van der Waals surface area contributed by atoms with Crippen molar-refractivity contribution in [2.45, 2.75) is 5.41 Å². The highest BCUT2D eigenvalue weighted by atomic mass is 35.5. The average Bonchev–Trinajstić information content (AvgIpc) is 3.29. The van der Waals surface area contributed by atoms with Crippen LogP contribution in [0.2, 0.25) is 5.02 Å². The highest BCUT2D eigenvalue weighted by Crippen LogP contribution is 2.56. The Balaban J connectivity index is 1.45. The Hall–Kier alpha value is -4.39. The number of hydrogen-bond donors (Lipinski definition) is 0. The summed E-state index contributed by atoms with van der Waals surface area (Å²) in [6.45, 7) is 0. The Morgan fingerprint density at radius 2 is 0.921 bits per heavy atom. The summed E-state index contributed by atoms with van der Waals surface area (Å²) in [6.07, 6.45) is 0. The van der Waals surface area contributed by atoms with Gasteiger partial charge in [-0.3, -0.25) is 0 Å². The summed E-state index contributed by atoms with van der Waals surface area (Å²) >= 11 is 6.94. The lowest BCUT2D eigenvalue weighted by atomic mass is 9.67. The molecule has 0 saturated carbocycles. The second kappa shape index (κ2) is 9.17. The van der Waals surface area contributed by atoms with Gasteiger partial charge in [0.2, 0.25) is 0 Å². The number of benzene rings is 6.